The molecular weight excluding hydrogens is 312 g/mol. The first-order valence-corrected chi connectivity index (χ1v) is 10.6. The van der Waals surface area contributed by atoms with Crippen LogP contribution in [-0.2, 0) is 9.47 Å². The maximum absolute atomic E-state index is 11.3. The summed E-state index contributed by atoms with van der Waals surface area (Å²) in [5.74, 6) is 0.550. The van der Waals surface area contributed by atoms with Gasteiger partial charge < -0.3 is 9.47 Å². The molecule has 3 heteroatoms. The standard InChI is InChI=1S/C22H42O3/c1-4-5-6-7-8-9-10-11-12-13-14-15-16-17-19-24-22(23)25-20-18-21(2)3/h9-10,21H,4-8,11-20H2,1-3H3. The Hall–Kier alpha value is -0.990. The summed E-state index contributed by atoms with van der Waals surface area (Å²) in [4.78, 5) is 11.3. The number of unbranched alkanes of at least 4 members (excludes halogenated alkanes) is 10. The van der Waals surface area contributed by atoms with Crippen LogP contribution < -0.4 is 0 Å². The van der Waals surface area contributed by atoms with Crippen molar-refractivity contribution in [1.29, 1.82) is 0 Å². The third kappa shape index (κ3) is 21.0. The van der Waals surface area contributed by atoms with Crippen LogP contribution in [-0.4, -0.2) is 19.4 Å². The van der Waals surface area contributed by atoms with Gasteiger partial charge in [0.05, 0.1) is 13.2 Å². The Bertz CT molecular complexity index is 310. The van der Waals surface area contributed by atoms with Crippen LogP contribution in [0.4, 0.5) is 4.79 Å². The van der Waals surface area contributed by atoms with Gasteiger partial charge in [0.15, 0.2) is 0 Å². The fourth-order valence-electron chi connectivity index (χ4n) is 2.57. The Labute approximate surface area is 156 Å². The molecule has 0 radical (unpaired) electrons. The van der Waals surface area contributed by atoms with E-state index in [9.17, 15) is 4.79 Å². The van der Waals surface area contributed by atoms with Gasteiger partial charge in [0.25, 0.3) is 0 Å². The van der Waals surface area contributed by atoms with Gasteiger partial charge in [-0.2, -0.15) is 0 Å². The van der Waals surface area contributed by atoms with Crippen LogP contribution in [0.15, 0.2) is 12.2 Å². The minimum Gasteiger partial charge on any atom is -0.434 e. The van der Waals surface area contributed by atoms with E-state index in [2.05, 4.69) is 32.9 Å². The zero-order chi connectivity index (χ0) is 18.6. The lowest BCUT2D eigenvalue weighted by atomic mass is 10.1. The molecule has 0 bridgehead atoms. The Morgan fingerprint density at radius 3 is 1.88 bits per heavy atom. The number of hydrogen-bond donors (Lipinski definition) is 0. The summed E-state index contributed by atoms with van der Waals surface area (Å²) in [5, 5.41) is 0. The minimum absolute atomic E-state index is 0.462. The maximum Gasteiger partial charge on any atom is 0.508 e. The molecule has 0 saturated heterocycles. The van der Waals surface area contributed by atoms with Gasteiger partial charge in [0.1, 0.15) is 0 Å². The number of allylic oxidation sites excluding steroid dienone is 2. The molecule has 0 aromatic heterocycles. The van der Waals surface area contributed by atoms with Crippen molar-refractivity contribution in [3.8, 4) is 0 Å². The largest absolute Gasteiger partial charge is 0.508 e. The molecule has 0 aromatic carbocycles. The van der Waals surface area contributed by atoms with Crippen molar-refractivity contribution in [3.05, 3.63) is 12.2 Å². The van der Waals surface area contributed by atoms with Gasteiger partial charge in [-0.1, -0.05) is 77.9 Å². The molecule has 0 amide bonds. The molecule has 0 spiro atoms. The minimum atomic E-state index is -0.512. The predicted molar refractivity (Wildman–Crippen MR) is 107 cm³/mol. The molecule has 0 saturated carbocycles. The molecule has 0 atom stereocenters. The third-order valence-electron chi connectivity index (χ3n) is 4.29. The Kier molecular flexibility index (Phi) is 18.6. The average molecular weight is 355 g/mol. The molecular formula is C22H42O3. The van der Waals surface area contributed by atoms with Crippen LogP contribution in [0, 0.1) is 5.92 Å². The lowest BCUT2D eigenvalue weighted by molar-refractivity contribution is 0.0512. The second-order valence-electron chi connectivity index (χ2n) is 7.36. The van der Waals surface area contributed by atoms with Crippen LogP contribution in [0.25, 0.3) is 0 Å². The van der Waals surface area contributed by atoms with Gasteiger partial charge in [-0.15, -0.1) is 0 Å². The van der Waals surface area contributed by atoms with Gasteiger partial charge in [0, 0.05) is 0 Å². The summed E-state index contributed by atoms with van der Waals surface area (Å²) in [6.07, 6.45) is 20.2. The van der Waals surface area contributed by atoms with E-state index in [1.165, 1.54) is 64.2 Å². The van der Waals surface area contributed by atoms with Crippen LogP contribution in [0.1, 0.15) is 104 Å². The molecule has 25 heavy (non-hydrogen) atoms. The van der Waals surface area contributed by atoms with Crippen molar-refractivity contribution in [2.45, 2.75) is 104 Å². The summed E-state index contributed by atoms with van der Waals surface area (Å²) in [6, 6.07) is 0. The highest BCUT2D eigenvalue weighted by molar-refractivity contribution is 5.59. The summed E-state index contributed by atoms with van der Waals surface area (Å²) in [5.41, 5.74) is 0. The van der Waals surface area contributed by atoms with Gasteiger partial charge in [-0.3, -0.25) is 0 Å². The van der Waals surface area contributed by atoms with Gasteiger partial charge in [-0.25, -0.2) is 4.79 Å². The van der Waals surface area contributed by atoms with Crippen molar-refractivity contribution in [2.24, 2.45) is 5.92 Å². The first kappa shape index (κ1) is 24.0. The maximum atomic E-state index is 11.3. The summed E-state index contributed by atoms with van der Waals surface area (Å²) >= 11 is 0. The fraction of sp³-hybridized carbons (Fsp3) is 0.864. The second-order valence-corrected chi connectivity index (χ2v) is 7.36. The molecule has 0 heterocycles. The number of ether oxygens (including phenoxy) is 2. The quantitative estimate of drug-likeness (QED) is 0.155. The van der Waals surface area contributed by atoms with Crippen LogP contribution in [0.2, 0.25) is 0 Å². The average Bonchev–Trinajstić information content (AvgIpc) is 2.58. The van der Waals surface area contributed by atoms with Gasteiger partial charge in [-0.05, 0) is 44.4 Å². The smallest absolute Gasteiger partial charge is 0.434 e. The van der Waals surface area contributed by atoms with E-state index < -0.39 is 6.16 Å². The number of carbonyl (C=O) groups is 1. The van der Waals surface area contributed by atoms with E-state index in [1.807, 2.05) is 0 Å². The van der Waals surface area contributed by atoms with E-state index in [1.54, 1.807) is 0 Å². The van der Waals surface area contributed by atoms with Crippen molar-refractivity contribution >= 4 is 6.16 Å². The lowest BCUT2D eigenvalue weighted by Gasteiger charge is -2.07. The van der Waals surface area contributed by atoms with E-state index in [0.29, 0.717) is 19.1 Å². The first-order valence-electron chi connectivity index (χ1n) is 10.6. The van der Waals surface area contributed by atoms with Gasteiger partial charge in [0.2, 0.25) is 0 Å². The predicted octanol–water partition coefficient (Wildman–Crippen LogP) is 7.44. The second kappa shape index (κ2) is 19.3. The monoisotopic (exact) mass is 354 g/mol. The highest BCUT2D eigenvalue weighted by Gasteiger charge is 2.03. The number of rotatable bonds is 17. The molecule has 3 nitrogen and oxygen atoms in total. The normalized spacial score (nSPS) is 11.4. The zero-order valence-electron chi connectivity index (χ0n) is 17.1. The van der Waals surface area contributed by atoms with E-state index in [-0.39, 0.29) is 0 Å². The molecule has 0 aliphatic carbocycles. The Morgan fingerprint density at radius 2 is 1.28 bits per heavy atom. The SMILES string of the molecule is CCCCCCC=CCCCCCCCCOC(=O)OCCC(C)C. The fourth-order valence-corrected chi connectivity index (χ4v) is 2.57. The molecule has 0 aromatic rings. The molecule has 0 aliphatic rings. The van der Waals surface area contributed by atoms with E-state index in [0.717, 1.165) is 19.3 Å². The molecule has 0 aliphatic heterocycles. The van der Waals surface area contributed by atoms with Crippen LogP contribution in [0.5, 0.6) is 0 Å². The molecule has 0 rings (SSSR count). The topological polar surface area (TPSA) is 35.5 Å². The van der Waals surface area contributed by atoms with E-state index >= 15 is 0 Å². The Morgan fingerprint density at radius 1 is 0.760 bits per heavy atom. The summed E-state index contributed by atoms with van der Waals surface area (Å²) < 4.78 is 10.1. The first-order chi connectivity index (χ1) is 12.2. The highest BCUT2D eigenvalue weighted by atomic mass is 16.7. The van der Waals surface area contributed by atoms with Crippen molar-refractivity contribution in [3.63, 3.8) is 0 Å². The number of carbonyl (C=O) groups excluding carboxylic acids is 1. The van der Waals surface area contributed by atoms with Crippen molar-refractivity contribution in [2.75, 3.05) is 13.2 Å². The zero-order valence-corrected chi connectivity index (χ0v) is 17.1. The lowest BCUT2D eigenvalue weighted by Crippen LogP contribution is -2.10. The highest BCUT2D eigenvalue weighted by Crippen LogP contribution is 2.09. The van der Waals surface area contributed by atoms with E-state index in [4.69, 9.17) is 9.47 Å². The summed E-state index contributed by atoms with van der Waals surface area (Å²) in [6.45, 7) is 7.43. The van der Waals surface area contributed by atoms with Crippen LogP contribution in [0.3, 0.4) is 0 Å². The molecule has 148 valence electrons. The van der Waals surface area contributed by atoms with Crippen molar-refractivity contribution in [1.82, 2.24) is 0 Å². The molecule has 0 fully saturated rings. The van der Waals surface area contributed by atoms with Crippen molar-refractivity contribution < 1.29 is 14.3 Å². The molecule has 0 unspecified atom stereocenters. The third-order valence-corrected chi connectivity index (χ3v) is 4.29. The van der Waals surface area contributed by atoms with Gasteiger partial charge >= 0.3 is 6.16 Å². The molecule has 0 N–H and O–H groups in total. The number of hydrogen-bond acceptors (Lipinski definition) is 3. The summed E-state index contributed by atoms with van der Waals surface area (Å²) in [7, 11) is 0. The Balaban J connectivity index is 3.18. The van der Waals surface area contributed by atoms with Crippen LogP contribution >= 0.6 is 0 Å².